The van der Waals surface area contributed by atoms with E-state index in [1.807, 2.05) is 0 Å². The molecule has 1 aliphatic rings. The minimum Gasteiger partial charge on any atom is -0.507 e. The van der Waals surface area contributed by atoms with Crippen LogP contribution in [0.2, 0.25) is 0 Å². The smallest absolute Gasteiger partial charge is 0.356 e. The fraction of sp³-hybridized carbons (Fsp3) is 0.143. The monoisotopic (exact) mass is 1120 g/mol. The minimum atomic E-state index is -5.33. The Kier molecular flexibility index (Phi) is 14.5. The number of phenols is 6. The molecule has 72 heavy (non-hydrogen) atoms. The first-order valence-corrected chi connectivity index (χ1v) is 30.0. The van der Waals surface area contributed by atoms with Gasteiger partial charge in [0.05, 0.1) is 31.8 Å². The van der Waals surface area contributed by atoms with Crippen LogP contribution >= 0.6 is 45.6 Å². The van der Waals surface area contributed by atoms with Crippen LogP contribution < -0.4 is 31.8 Å². The Balaban J connectivity index is 1.59. The van der Waals surface area contributed by atoms with E-state index in [0.29, 0.717) is 0 Å². The molecule has 12 bridgehead atoms. The molecule has 6 aromatic rings. The summed E-state index contributed by atoms with van der Waals surface area (Å²) in [6.45, 7) is 0. The van der Waals surface area contributed by atoms with Gasteiger partial charge in [0.2, 0.25) is 0 Å². The summed E-state index contributed by atoms with van der Waals surface area (Å²) in [4.78, 5) is 124. The van der Waals surface area contributed by atoms with Crippen LogP contribution in [0.15, 0.2) is 72.8 Å². The SMILES string of the molecule is O=P(O)(O)c1cc2c(O)c(c1)Cc1cc(P(=O)(O)O)cc(c1O)Cc1cc(P(=O)(O)O)cc(c1O)Cc1cc(P(=O)(O)O)cc(c1O)Cc1cc(P(=O)(O)O)cc(c1O)Cc1cc(P(=O)(O)O)cc(c1O)C2. The molecule has 18 N–H and O–H groups in total. The van der Waals surface area contributed by atoms with Gasteiger partial charge in [0.15, 0.2) is 0 Å². The third-order valence-corrected chi connectivity index (χ3v) is 17.4. The van der Waals surface area contributed by atoms with Crippen molar-refractivity contribution < 1.29 is 117 Å². The summed E-state index contributed by atoms with van der Waals surface area (Å²) in [6.07, 6.45) is -4.95. The maximum absolute atomic E-state index is 12.8. The average Bonchev–Trinajstić information content (AvgIpc) is 3.23. The van der Waals surface area contributed by atoms with Crippen LogP contribution in [-0.4, -0.2) is 89.4 Å². The van der Waals surface area contributed by atoms with Gasteiger partial charge < -0.3 is 89.4 Å². The second-order valence-corrected chi connectivity index (χ2v) is 26.6. The van der Waals surface area contributed by atoms with E-state index < -0.39 is 217 Å². The van der Waals surface area contributed by atoms with Gasteiger partial charge in [0, 0.05) is 38.5 Å². The third kappa shape index (κ3) is 11.7. The van der Waals surface area contributed by atoms with Crippen molar-refractivity contribution in [2.75, 3.05) is 0 Å². The van der Waals surface area contributed by atoms with E-state index >= 15 is 0 Å². The molecule has 30 heteroatoms. The molecule has 1 aliphatic carbocycles. The second-order valence-electron chi connectivity index (χ2n) is 17.0. The molecule has 0 unspecified atom stereocenters. The first-order valence-electron chi connectivity index (χ1n) is 20.3. The predicted octanol–water partition coefficient (Wildman–Crippen LogP) is 0.596. The summed E-state index contributed by atoms with van der Waals surface area (Å²) in [5.41, 5.74) is -5.59. The molecule has 0 heterocycles. The summed E-state index contributed by atoms with van der Waals surface area (Å²) >= 11 is 0. The number of aromatic hydroxyl groups is 6. The van der Waals surface area contributed by atoms with Gasteiger partial charge in [-0.2, -0.15) is 0 Å². The normalized spacial score (nSPS) is 14.2. The fourth-order valence-electron chi connectivity index (χ4n) is 8.31. The number of rotatable bonds is 6. The zero-order valence-electron chi connectivity index (χ0n) is 36.4. The molecular weight excluding hydrogens is 1070 g/mol. The molecule has 0 amide bonds. The van der Waals surface area contributed by atoms with Gasteiger partial charge in [-0.3, -0.25) is 27.4 Å². The van der Waals surface area contributed by atoms with Gasteiger partial charge in [-0.05, 0) is 140 Å². The molecule has 0 radical (unpaired) electrons. The van der Waals surface area contributed by atoms with Crippen LogP contribution in [0.3, 0.4) is 0 Å². The van der Waals surface area contributed by atoms with Gasteiger partial charge in [-0.25, -0.2) is 0 Å². The Morgan fingerprint density at radius 3 is 0.361 bits per heavy atom. The van der Waals surface area contributed by atoms with Crippen molar-refractivity contribution in [1.82, 2.24) is 0 Å². The van der Waals surface area contributed by atoms with E-state index in [9.17, 15) is 117 Å². The minimum absolute atomic E-state index is 0.465. The molecule has 0 saturated carbocycles. The van der Waals surface area contributed by atoms with Crippen molar-refractivity contribution in [1.29, 1.82) is 0 Å². The highest BCUT2D eigenvalue weighted by atomic mass is 31.2. The lowest BCUT2D eigenvalue weighted by molar-refractivity contribution is 0.385. The van der Waals surface area contributed by atoms with Crippen LogP contribution in [0, 0.1) is 0 Å². The standard InChI is InChI=1S/C42H42O24P6/c43-37-19-1-20-8-32(68(52,53)54)10-22(38(20)44)3-24-12-34(70(58,59)60)14-26(40(24)46)5-28-16-36(72(64,65)66)18-30(42(28)48)6-29-17-35(71(61,62)63)15-27(41(29)47)4-25-13-33(69(55,56)57)11-23(39(25)45)2-21(37)9-31(7-19)67(49,50)51/h7-18,43-48H,1-6H2,(H2,49,50,51)(H2,52,53,54)(H2,55,56,57)(H2,58,59,60)(H2,61,62,63)(H2,64,65,66). The molecule has 0 aromatic heterocycles. The van der Waals surface area contributed by atoms with Gasteiger partial charge in [0.25, 0.3) is 0 Å². The highest BCUT2D eigenvalue weighted by molar-refractivity contribution is 7.61. The zero-order chi connectivity index (χ0) is 53.6. The summed E-state index contributed by atoms with van der Waals surface area (Å²) in [6, 6.07) is 9.20. The number of benzene rings is 6. The number of hydrogen-bond acceptors (Lipinski definition) is 12. The molecule has 6 aromatic carbocycles. The van der Waals surface area contributed by atoms with Crippen molar-refractivity contribution in [3.05, 3.63) is 140 Å². The van der Waals surface area contributed by atoms with Crippen LogP contribution in [0.5, 0.6) is 34.5 Å². The van der Waals surface area contributed by atoms with E-state index in [2.05, 4.69) is 0 Å². The number of hydrogen-bond donors (Lipinski definition) is 18. The van der Waals surface area contributed by atoms with E-state index in [1.54, 1.807) is 0 Å². The van der Waals surface area contributed by atoms with Crippen molar-refractivity contribution in [2.24, 2.45) is 0 Å². The summed E-state index contributed by atoms with van der Waals surface area (Å²) in [7, 11) is -32.0. The highest BCUT2D eigenvalue weighted by Gasteiger charge is 2.31. The van der Waals surface area contributed by atoms with Crippen LogP contribution in [0.1, 0.15) is 66.8 Å². The Hall–Kier alpha value is -4.98. The topological polar surface area (TPSA) is 467 Å². The molecule has 0 spiro atoms. The van der Waals surface area contributed by atoms with E-state index in [4.69, 9.17) is 0 Å². The molecule has 0 atom stereocenters. The number of fused-ring (bicyclic) bond motifs is 12. The lowest BCUT2D eigenvalue weighted by atomic mass is 9.91. The molecule has 0 saturated heterocycles. The zero-order valence-corrected chi connectivity index (χ0v) is 41.7. The van der Waals surface area contributed by atoms with Crippen LogP contribution in [-0.2, 0) is 65.9 Å². The maximum Gasteiger partial charge on any atom is 0.356 e. The van der Waals surface area contributed by atoms with Gasteiger partial charge in [-0.1, -0.05) is 0 Å². The fourth-order valence-corrected chi connectivity index (χ4v) is 12.2. The van der Waals surface area contributed by atoms with Gasteiger partial charge >= 0.3 is 45.6 Å². The highest BCUT2D eigenvalue weighted by Crippen LogP contribution is 2.46. The summed E-state index contributed by atoms with van der Waals surface area (Å²) in [5.74, 6) is -5.04. The van der Waals surface area contributed by atoms with E-state index in [0.717, 1.165) is 72.8 Å². The number of phenolic OH excluding ortho intramolecular Hbond substituents is 6. The molecular formula is C42H42O24P6. The second kappa shape index (κ2) is 19.1. The summed E-state index contributed by atoms with van der Waals surface area (Å²) in [5, 5.41) is 65.4. The van der Waals surface area contributed by atoms with Crippen molar-refractivity contribution in [3.63, 3.8) is 0 Å². The van der Waals surface area contributed by atoms with Crippen molar-refractivity contribution >= 4 is 77.4 Å². The van der Waals surface area contributed by atoms with Crippen LogP contribution in [0.4, 0.5) is 0 Å². The molecule has 0 fully saturated rings. The molecule has 24 nitrogen and oxygen atoms in total. The quantitative estimate of drug-likeness (QED) is 0.101. The van der Waals surface area contributed by atoms with Crippen molar-refractivity contribution in [2.45, 2.75) is 38.5 Å². The Bertz CT molecular complexity index is 2820. The Morgan fingerprint density at radius 1 is 0.208 bits per heavy atom. The van der Waals surface area contributed by atoms with Crippen LogP contribution in [0.25, 0.3) is 0 Å². The van der Waals surface area contributed by atoms with Gasteiger partial charge in [-0.15, -0.1) is 0 Å². The maximum atomic E-state index is 12.8. The molecule has 384 valence electrons. The molecule has 7 rings (SSSR count). The van der Waals surface area contributed by atoms with E-state index in [1.165, 1.54) is 0 Å². The lowest BCUT2D eigenvalue weighted by Crippen LogP contribution is -2.14. The first-order chi connectivity index (χ1) is 32.9. The van der Waals surface area contributed by atoms with Crippen molar-refractivity contribution in [3.8, 4) is 34.5 Å². The van der Waals surface area contributed by atoms with E-state index in [-0.39, 0.29) is 0 Å². The summed E-state index contributed by atoms with van der Waals surface area (Å²) < 4.78 is 76.8. The largest absolute Gasteiger partial charge is 0.507 e. The molecule has 0 aliphatic heterocycles. The Labute approximate surface area is 405 Å². The lowest BCUT2D eigenvalue weighted by Gasteiger charge is -2.20. The average molecular weight is 1120 g/mol. The Morgan fingerprint density at radius 2 is 0.292 bits per heavy atom. The van der Waals surface area contributed by atoms with Gasteiger partial charge in [0.1, 0.15) is 34.5 Å². The first kappa shape index (κ1) is 54.8. The third-order valence-electron chi connectivity index (χ3n) is 11.8. The predicted molar refractivity (Wildman–Crippen MR) is 256 cm³/mol.